The number of fused-ring (bicyclic) bond motifs is 1. The summed E-state index contributed by atoms with van der Waals surface area (Å²) in [7, 11) is 0. The number of aliphatic hydroxyl groups is 1. The number of carbonyl (C=O) groups excluding carboxylic acids is 1. The van der Waals surface area contributed by atoms with Gasteiger partial charge in [-0.05, 0) is 35.9 Å². The van der Waals surface area contributed by atoms with E-state index in [2.05, 4.69) is 21.4 Å². The minimum Gasteiger partial charge on any atom is -0.394 e. The Hall–Kier alpha value is -2.67. The molecule has 30 heavy (non-hydrogen) atoms. The maximum absolute atomic E-state index is 12.1. The third-order valence-electron chi connectivity index (χ3n) is 5.31. The number of hydrogen-bond acceptors (Lipinski definition) is 5. The summed E-state index contributed by atoms with van der Waals surface area (Å²) in [6.07, 6.45) is 2.78. The third kappa shape index (κ3) is 3.86. The second-order valence-electron chi connectivity index (χ2n) is 7.07. The normalized spacial score (nSPS) is 16.7. The van der Waals surface area contributed by atoms with Crippen molar-refractivity contribution in [3.05, 3.63) is 65.4 Å². The van der Waals surface area contributed by atoms with Crippen LogP contribution in [0.5, 0.6) is 0 Å². The molecule has 0 bridgehead atoms. The second kappa shape index (κ2) is 8.60. The molecule has 154 valence electrons. The summed E-state index contributed by atoms with van der Waals surface area (Å²) >= 11 is 12.6. The zero-order valence-electron chi connectivity index (χ0n) is 16.1. The second-order valence-corrected chi connectivity index (χ2v) is 7.92. The van der Waals surface area contributed by atoms with E-state index in [4.69, 9.17) is 23.2 Å². The highest BCUT2D eigenvalue weighted by atomic mass is 35.5. The van der Waals surface area contributed by atoms with Crippen molar-refractivity contribution < 1.29 is 9.90 Å². The fourth-order valence-corrected chi connectivity index (χ4v) is 4.17. The molecule has 1 aliphatic rings. The SMILES string of the molecule is C=CC(=O)N1CCN(c2ncnc3cc(Cl)c(-c4ccc(Cl)cc4)cc23)C[C@@H]1CO. The zero-order valence-corrected chi connectivity index (χ0v) is 17.6. The van der Waals surface area contributed by atoms with Crippen molar-refractivity contribution in [3.8, 4) is 11.1 Å². The van der Waals surface area contributed by atoms with Crippen LogP contribution in [0.2, 0.25) is 10.0 Å². The predicted molar refractivity (Wildman–Crippen MR) is 120 cm³/mol. The average molecular weight is 443 g/mol. The fourth-order valence-electron chi connectivity index (χ4n) is 3.78. The Morgan fingerprint density at radius 3 is 2.67 bits per heavy atom. The van der Waals surface area contributed by atoms with Crippen LogP contribution in [0.1, 0.15) is 0 Å². The lowest BCUT2D eigenvalue weighted by molar-refractivity contribution is -0.129. The van der Waals surface area contributed by atoms with Gasteiger partial charge in [-0.3, -0.25) is 4.79 Å². The summed E-state index contributed by atoms with van der Waals surface area (Å²) in [6.45, 7) is 4.92. The molecule has 1 N–H and O–H groups in total. The van der Waals surface area contributed by atoms with Crippen molar-refractivity contribution in [2.75, 3.05) is 31.1 Å². The van der Waals surface area contributed by atoms with Crippen LogP contribution in [0, 0.1) is 0 Å². The average Bonchev–Trinajstić information content (AvgIpc) is 2.78. The number of anilines is 1. The molecule has 1 saturated heterocycles. The van der Waals surface area contributed by atoms with Gasteiger partial charge in [0.15, 0.2) is 0 Å². The monoisotopic (exact) mass is 442 g/mol. The first-order valence-electron chi connectivity index (χ1n) is 9.51. The van der Waals surface area contributed by atoms with Crippen LogP contribution in [0.4, 0.5) is 5.82 Å². The van der Waals surface area contributed by atoms with E-state index in [-0.39, 0.29) is 18.6 Å². The highest BCUT2D eigenvalue weighted by molar-refractivity contribution is 6.34. The van der Waals surface area contributed by atoms with E-state index < -0.39 is 0 Å². The van der Waals surface area contributed by atoms with Crippen LogP contribution in [0.25, 0.3) is 22.0 Å². The van der Waals surface area contributed by atoms with E-state index in [1.807, 2.05) is 36.4 Å². The molecular formula is C22H20Cl2N4O2. The first-order chi connectivity index (χ1) is 14.5. The number of benzene rings is 2. The molecule has 1 aromatic heterocycles. The van der Waals surface area contributed by atoms with E-state index in [1.54, 1.807) is 4.90 Å². The maximum Gasteiger partial charge on any atom is 0.246 e. The molecule has 1 fully saturated rings. The Bertz CT molecular complexity index is 1100. The topological polar surface area (TPSA) is 69.6 Å². The Morgan fingerprint density at radius 1 is 1.20 bits per heavy atom. The van der Waals surface area contributed by atoms with Crippen molar-refractivity contribution in [1.82, 2.24) is 14.9 Å². The van der Waals surface area contributed by atoms with Crippen LogP contribution in [-0.2, 0) is 4.79 Å². The lowest BCUT2D eigenvalue weighted by Crippen LogP contribution is -2.56. The molecule has 1 amide bonds. The highest BCUT2D eigenvalue weighted by Gasteiger charge is 2.30. The number of nitrogens with zero attached hydrogens (tertiary/aromatic N) is 4. The zero-order chi connectivity index (χ0) is 21.3. The predicted octanol–water partition coefficient (Wildman–Crippen LogP) is 3.80. The molecule has 0 spiro atoms. The molecule has 6 nitrogen and oxygen atoms in total. The lowest BCUT2D eigenvalue weighted by Gasteiger charge is -2.41. The van der Waals surface area contributed by atoms with Gasteiger partial charge in [0.2, 0.25) is 5.91 Å². The largest absolute Gasteiger partial charge is 0.394 e. The van der Waals surface area contributed by atoms with Gasteiger partial charge in [0.25, 0.3) is 0 Å². The minimum atomic E-state index is -0.336. The number of halogens is 2. The quantitative estimate of drug-likeness (QED) is 0.622. The molecule has 3 aromatic rings. The van der Waals surface area contributed by atoms with Gasteiger partial charge in [0.05, 0.1) is 23.2 Å². The van der Waals surface area contributed by atoms with Crippen LogP contribution in [0.15, 0.2) is 55.4 Å². The van der Waals surface area contributed by atoms with Gasteiger partial charge in [0, 0.05) is 35.6 Å². The van der Waals surface area contributed by atoms with Gasteiger partial charge in [-0.25, -0.2) is 9.97 Å². The van der Waals surface area contributed by atoms with E-state index in [0.29, 0.717) is 29.7 Å². The van der Waals surface area contributed by atoms with Crippen LogP contribution in [-0.4, -0.2) is 58.2 Å². The number of carbonyl (C=O) groups is 1. The molecule has 8 heteroatoms. The van der Waals surface area contributed by atoms with Gasteiger partial charge in [0.1, 0.15) is 12.1 Å². The van der Waals surface area contributed by atoms with E-state index in [1.165, 1.54) is 12.4 Å². The van der Waals surface area contributed by atoms with Gasteiger partial charge in [-0.2, -0.15) is 0 Å². The molecule has 1 atom stereocenters. The number of aliphatic hydroxyl groups excluding tert-OH is 1. The Balaban J connectivity index is 1.74. The molecule has 0 aliphatic carbocycles. The molecule has 2 aromatic carbocycles. The van der Waals surface area contributed by atoms with Crippen LogP contribution < -0.4 is 4.90 Å². The number of hydrogen-bond donors (Lipinski definition) is 1. The number of aromatic nitrogens is 2. The minimum absolute atomic E-state index is 0.138. The van der Waals surface area contributed by atoms with Crippen molar-refractivity contribution in [2.24, 2.45) is 0 Å². The Morgan fingerprint density at radius 2 is 1.97 bits per heavy atom. The highest BCUT2D eigenvalue weighted by Crippen LogP contribution is 2.35. The van der Waals surface area contributed by atoms with Gasteiger partial charge in [-0.1, -0.05) is 41.9 Å². The third-order valence-corrected chi connectivity index (χ3v) is 5.87. The molecular weight excluding hydrogens is 423 g/mol. The summed E-state index contributed by atoms with van der Waals surface area (Å²) in [5, 5.41) is 11.9. The van der Waals surface area contributed by atoms with E-state index in [9.17, 15) is 9.90 Å². The Labute approximate surface area is 184 Å². The number of amides is 1. The summed E-state index contributed by atoms with van der Waals surface area (Å²) in [6, 6.07) is 10.9. The van der Waals surface area contributed by atoms with Crippen molar-refractivity contribution in [2.45, 2.75) is 6.04 Å². The van der Waals surface area contributed by atoms with E-state index in [0.717, 1.165) is 27.8 Å². The molecule has 2 heterocycles. The Kier molecular flexibility index (Phi) is 5.90. The molecule has 0 unspecified atom stereocenters. The van der Waals surface area contributed by atoms with Gasteiger partial charge >= 0.3 is 0 Å². The fraction of sp³-hybridized carbons (Fsp3) is 0.227. The summed E-state index contributed by atoms with van der Waals surface area (Å²) in [4.78, 5) is 24.7. The van der Waals surface area contributed by atoms with Crippen molar-refractivity contribution >= 4 is 45.8 Å². The smallest absolute Gasteiger partial charge is 0.246 e. The molecule has 0 saturated carbocycles. The molecule has 1 aliphatic heterocycles. The molecule has 0 radical (unpaired) electrons. The van der Waals surface area contributed by atoms with Gasteiger partial charge < -0.3 is 14.9 Å². The van der Waals surface area contributed by atoms with Crippen molar-refractivity contribution in [1.29, 1.82) is 0 Å². The summed E-state index contributed by atoms with van der Waals surface area (Å²) in [5.41, 5.74) is 2.53. The summed E-state index contributed by atoms with van der Waals surface area (Å²) < 4.78 is 0. The summed E-state index contributed by atoms with van der Waals surface area (Å²) in [5.74, 6) is 0.564. The maximum atomic E-state index is 12.1. The van der Waals surface area contributed by atoms with Crippen molar-refractivity contribution in [3.63, 3.8) is 0 Å². The number of piperazine rings is 1. The van der Waals surface area contributed by atoms with Crippen LogP contribution >= 0.6 is 23.2 Å². The molecule has 4 rings (SSSR count). The first kappa shape index (κ1) is 20.6. The van der Waals surface area contributed by atoms with E-state index >= 15 is 0 Å². The van der Waals surface area contributed by atoms with Gasteiger partial charge in [-0.15, -0.1) is 0 Å². The first-order valence-corrected chi connectivity index (χ1v) is 10.3. The lowest BCUT2D eigenvalue weighted by atomic mass is 10.0. The van der Waals surface area contributed by atoms with Crippen LogP contribution in [0.3, 0.4) is 0 Å². The standard InChI is InChI=1S/C22H20Cl2N4O2/c1-2-21(30)28-8-7-27(11-16(28)12-29)22-18-9-17(14-3-5-15(23)6-4-14)19(24)10-20(18)25-13-26-22/h2-6,9-10,13,16,29H,1,7-8,11-12H2/t16-/m1/s1. The number of rotatable bonds is 4.